The lowest BCUT2D eigenvalue weighted by Gasteiger charge is -2.19. The van der Waals surface area contributed by atoms with Crippen molar-refractivity contribution in [3.63, 3.8) is 0 Å². The van der Waals surface area contributed by atoms with Gasteiger partial charge in [0.25, 0.3) is 5.91 Å². The molecule has 3 aromatic carbocycles. The van der Waals surface area contributed by atoms with E-state index >= 15 is 0 Å². The third-order valence-corrected chi connectivity index (χ3v) is 5.80. The summed E-state index contributed by atoms with van der Waals surface area (Å²) >= 11 is 0. The van der Waals surface area contributed by atoms with Crippen molar-refractivity contribution < 1.29 is 14.4 Å². The number of nitrogens with one attached hydrogen (secondary N) is 4. The molecule has 0 radical (unpaired) electrons. The second-order valence-corrected chi connectivity index (χ2v) is 8.21. The Balaban J connectivity index is 1.35. The first-order valence-electron chi connectivity index (χ1n) is 11.1. The molecule has 8 heteroatoms. The minimum absolute atomic E-state index is 0.197. The Bertz CT molecular complexity index is 1330. The maximum Gasteiger partial charge on any atom is 0.254 e. The quantitative estimate of drug-likeness (QED) is 0.359. The molecule has 1 aliphatic heterocycles. The van der Waals surface area contributed by atoms with Crippen molar-refractivity contribution >= 4 is 34.4 Å². The molecule has 4 aromatic rings. The predicted octanol–water partition coefficient (Wildman–Crippen LogP) is 3.10. The third kappa shape index (κ3) is 4.52. The first-order chi connectivity index (χ1) is 16.6. The van der Waals surface area contributed by atoms with Gasteiger partial charge in [0, 0.05) is 0 Å². The molecule has 3 amide bonds. The number of aromatic nitrogens is 2. The van der Waals surface area contributed by atoms with Crippen molar-refractivity contribution in [1.82, 2.24) is 20.6 Å². The Morgan fingerprint density at radius 2 is 1.68 bits per heavy atom. The van der Waals surface area contributed by atoms with Gasteiger partial charge in [-0.15, -0.1) is 0 Å². The van der Waals surface area contributed by atoms with Gasteiger partial charge in [0.15, 0.2) is 0 Å². The van der Waals surface area contributed by atoms with Gasteiger partial charge in [-0.1, -0.05) is 54.6 Å². The number of hydrogen-bond acceptors (Lipinski definition) is 4. The number of fused-ring (bicyclic) bond motifs is 2. The molecule has 1 aliphatic rings. The maximum atomic E-state index is 13.1. The number of amides is 3. The largest absolute Gasteiger partial charge is 0.346 e. The molecule has 0 fully saturated rings. The van der Waals surface area contributed by atoms with Crippen LogP contribution in [0.15, 0.2) is 78.9 Å². The van der Waals surface area contributed by atoms with Crippen molar-refractivity contribution in [2.75, 3.05) is 5.32 Å². The first-order valence-corrected chi connectivity index (χ1v) is 11.1. The SMILES string of the molecule is O=C(C[C@@H]1NC(=O)c2ccccc2NC1=O)N[C@H](Cc1ccccc1)c1nc2ccccc2[nH]1. The number of para-hydroxylation sites is 3. The Kier molecular flexibility index (Phi) is 5.78. The Labute approximate surface area is 195 Å². The fourth-order valence-electron chi connectivity index (χ4n) is 4.10. The number of anilines is 1. The van der Waals surface area contributed by atoms with E-state index in [1.54, 1.807) is 24.3 Å². The maximum absolute atomic E-state index is 13.1. The van der Waals surface area contributed by atoms with Gasteiger partial charge < -0.3 is 20.9 Å². The smallest absolute Gasteiger partial charge is 0.254 e. The van der Waals surface area contributed by atoms with Gasteiger partial charge in [-0.2, -0.15) is 0 Å². The van der Waals surface area contributed by atoms with E-state index in [9.17, 15) is 14.4 Å². The molecule has 8 nitrogen and oxygen atoms in total. The minimum Gasteiger partial charge on any atom is -0.346 e. The Hall–Kier alpha value is -4.46. The fraction of sp³-hybridized carbons (Fsp3) is 0.154. The number of rotatable bonds is 6. The van der Waals surface area contributed by atoms with Crippen LogP contribution in [0.25, 0.3) is 11.0 Å². The average Bonchev–Trinajstić information content (AvgIpc) is 3.24. The van der Waals surface area contributed by atoms with Crippen LogP contribution in [0.3, 0.4) is 0 Å². The number of benzene rings is 3. The van der Waals surface area contributed by atoms with Crippen LogP contribution >= 0.6 is 0 Å². The van der Waals surface area contributed by atoms with Crippen molar-refractivity contribution in [2.45, 2.75) is 24.9 Å². The fourth-order valence-corrected chi connectivity index (χ4v) is 4.10. The molecule has 0 saturated carbocycles. The van der Waals surface area contributed by atoms with Crippen LogP contribution in [-0.2, 0) is 16.0 Å². The van der Waals surface area contributed by atoms with E-state index in [4.69, 9.17) is 0 Å². The molecule has 4 N–H and O–H groups in total. The Morgan fingerprint density at radius 1 is 0.941 bits per heavy atom. The number of imidazole rings is 1. The van der Waals surface area contributed by atoms with E-state index in [1.165, 1.54) is 0 Å². The third-order valence-electron chi connectivity index (χ3n) is 5.80. The summed E-state index contributed by atoms with van der Waals surface area (Å²) in [5.41, 5.74) is 3.50. The molecule has 0 unspecified atom stereocenters. The normalized spacial score (nSPS) is 16.2. The zero-order valence-electron chi connectivity index (χ0n) is 18.2. The van der Waals surface area contributed by atoms with Crippen molar-refractivity contribution in [3.8, 4) is 0 Å². The van der Waals surface area contributed by atoms with E-state index in [2.05, 4.69) is 25.9 Å². The van der Waals surface area contributed by atoms with Crippen LogP contribution in [0.2, 0.25) is 0 Å². The van der Waals surface area contributed by atoms with Gasteiger partial charge >= 0.3 is 0 Å². The highest BCUT2D eigenvalue weighted by Crippen LogP contribution is 2.21. The monoisotopic (exact) mass is 453 g/mol. The van der Waals surface area contributed by atoms with E-state index in [0.29, 0.717) is 23.5 Å². The molecule has 5 rings (SSSR count). The summed E-state index contributed by atoms with van der Waals surface area (Å²) in [6.07, 6.45) is 0.318. The first kappa shape index (κ1) is 21.4. The van der Waals surface area contributed by atoms with Crippen molar-refractivity contribution in [2.24, 2.45) is 0 Å². The zero-order valence-corrected chi connectivity index (χ0v) is 18.2. The molecule has 0 saturated heterocycles. The van der Waals surface area contributed by atoms with E-state index in [-0.39, 0.29) is 12.3 Å². The summed E-state index contributed by atoms with van der Waals surface area (Å²) in [7, 11) is 0. The van der Waals surface area contributed by atoms with Crippen LogP contribution in [0.1, 0.15) is 34.2 Å². The van der Waals surface area contributed by atoms with Crippen LogP contribution in [-0.4, -0.2) is 33.7 Å². The summed E-state index contributed by atoms with van der Waals surface area (Å²) in [6.45, 7) is 0. The molecule has 34 heavy (non-hydrogen) atoms. The summed E-state index contributed by atoms with van der Waals surface area (Å²) in [4.78, 5) is 46.3. The molecule has 0 aliphatic carbocycles. The highest BCUT2D eigenvalue weighted by molar-refractivity contribution is 6.10. The highest BCUT2D eigenvalue weighted by atomic mass is 16.2. The second kappa shape index (κ2) is 9.19. The predicted molar refractivity (Wildman–Crippen MR) is 128 cm³/mol. The number of nitrogens with zero attached hydrogens (tertiary/aromatic N) is 1. The van der Waals surface area contributed by atoms with Crippen LogP contribution in [0, 0.1) is 0 Å². The molecule has 0 spiro atoms. The highest BCUT2D eigenvalue weighted by Gasteiger charge is 2.30. The van der Waals surface area contributed by atoms with Gasteiger partial charge in [0.1, 0.15) is 11.9 Å². The topological polar surface area (TPSA) is 116 Å². The lowest BCUT2D eigenvalue weighted by Crippen LogP contribution is -2.45. The van der Waals surface area contributed by atoms with Crippen LogP contribution in [0.4, 0.5) is 5.69 Å². The molecule has 2 heterocycles. The average molecular weight is 454 g/mol. The van der Waals surface area contributed by atoms with Gasteiger partial charge in [0.05, 0.1) is 34.7 Å². The molecule has 2 atom stereocenters. The molecule has 0 bridgehead atoms. The molecule has 1 aromatic heterocycles. The number of hydrogen-bond donors (Lipinski definition) is 4. The summed E-state index contributed by atoms with van der Waals surface area (Å²) in [5, 5.41) is 8.40. The summed E-state index contributed by atoms with van der Waals surface area (Å²) < 4.78 is 0. The summed E-state index contributed by atoms with van der Waals surface area (Å²) in [5.74, 6) is -0.574. The van der Waals surface area contributed by atoms with E-state index < -0.39 is 23.9 Å². The van der Waals surface area contributed by atoms with E-state index in [0.717, 1.165) is 16.6 Å². The molecular weight excluding hydrogens is 430 g/mol. The van der Waals surface area contributed by atoms with Gasteiger partial charge in [-0.25, -0.2) is 4.98 Å². The molecule has 170 valence electrons. The second-order valence-electron chi connectivity index (χ2n) is 8.21. The van der Waals surface area contributed by atoms with Crippen molar-refractivity contribution in [1.29, 1.82) is 0 Å². The van der Waals surface area contributed by atoms with Gasteiger partial charge in [0.2, 0.25) is 11.8 Å². The van der Waals surface area contributed by atoms with Crippen LogP contribution in [0.5, 0.6) is 0 Å². The van der Waals surface area contributed by atoms with E-state index in [1.807, 2.05) is 54.6 Å². The molecular formula is C26H23N5O3. The standard InChI is InChI=1S/C26H23N5O3/c32-23(15-22-26(34)30-18-11-5-4-10-17(18)25(33)31-22)27-21(14-16-8-2-1-3-9-16)24-28-19-12-6-7-13-20(19)29-24/h1-13,21-22H,14-15H2,(H,27,32)(H,28,29)(H,30,34)(H,31,33)/t21-,22+/m1/s1. The van der Waals surface area contributed by atoms with Gasteiger partial charge in [-0.05, 0) is 36.2 Å². The lowest BCUT2D eigenvalue weighted by atomic mass is 10.0. The lowest BCUT2D eigenvalue weighted by molar-refractivity contribution is -0.126. The zero-order chi connectivity index (χ0) is 23.5. The summed E-state index contributed by atoms with van der Waals surface area (Å²) in [6, 6.07) is 22.7. The minimum atomic E-state index is -0.993. The number of H-pyrrole nitrogens is 1. The van der Waals surface area contributed by atoms with Gasteiger partial charge in [-0.3, -0.25) is 14.4 Å². The number of aromatic amines is 1. The Morgan fingerprint density at radius 3 is 2.50 bits per heavy atom. The number of carbonyl (C=O) groups excluding carboxylic acids is 3. The van der Waals surface area contributed by atoms with Crippen LogP contribution < -0.4 is 16.0 Å². The van der Waals surface area contributed by atoms with Crippen molar-refractivity contribution in [3.05, 3.63) is 95.8 Å². The number of carbonyl (C=O) groups is 3.